The Labute approximate surface area is 218 Å². The molecule has 0 radical (unpaired) electrons. The SMILES string of the molecule is COC[C@H](C)Oc1cc(Oc2ccc(S(C)(=O)=O)cc2)cc(C(=O)Cc2cc(C)n(CP(C)(C)=O)n2)c1. The highest BCUT2D eigenvalue weighted by Gasteiger charge is 2.17. The van der Waals surface area contributed by atoms with E-state index in [-0.39, 0.29) is 23.2 Å². The van der Waals surface area contributed by atoms with E-state index in [9.17, 15) is 17.8 Å². The van der Waals surface area contributed by atoms with Crippen LogP contribution in [0.2, 0.25) is 0 Å². The number of benzene rings is 2. The van der Waals surface area contributed by atoms with Crippen molar-refractivity contribution in [3.63, 3.8) is 0 Å². The van der Waals surface area contributed by atoms with Gasteiger partial charge in [0.2, 0.25) is 0 Å². The van der Waals surface area contributed by atoms with Crippen LogP contribution in [0.5, 0.6) is 17.2 Å². The van der Waals surface area contributed by atoms with Crippen LogP contribution in [0.15, 0.2) is 53.4 Å². The summed E-state index contributed by atoms with van der Waals surface area (Å²) in [6.45, 7) is 7.47. The molecule has 0 N–H and O–H groups in total. The Balaban J connectivity index is 1.88. The molecule has 0 spiro atoms. The van der Waals surface area contributed by atoms with Gasteiger partial charge < -0.3 is 18.8 Å². The molecule has 9 nitrogen and oxygen atoms in total. The summed E-state index contributed by atoms with van der Waals surface area (Å²) in [5, 5.41) is 4.47. The predicted octanol–water partition coefficient (Wildman–Crippen LogP) is 4.81. The molecule has 0 aliphatic carbocycles. The van der Waals surface area contributed by atoms with E-state index in [1.807, 2.05) is 19.9 Å². The molecule has 3 aromatic rings. The van der Waals surface area contributed by atoms with Gasteiger partial charge >= 0.3 is 0 Å². The number of sulfone groups is 1. The summed E-state index contributed by atoms with van der Waals surface area (Å²) in [6, 6.07) is 12.7. The van der Waals surface area contributed by atoms with Crippen LogP contribution < -0.4 is 9.47 Å². The molecular formula is C26H33N2O7PS. The molecule has 0 amide bonds. The summed E-state index contributed by atoms with van der Waals surface area (Å²) < 4.78 is 54.4. The smallest absolute Gasteiger partial charge is 0.175 e. The topological polar surface area (TPSA) is 114 Å². The number of rotatable bonds is 12. The molecule has 1 heterocycles. The molecule has 200 valence electrons. The third kappa shape index (κ3) is 8.55. The summed E-state index contributed by atoms with van der Waals surface area (Å²) in [6.07, 6.45) is 1.22. The van der Waals surface area contributed by atoms with Crippen molar-refractivity contribution in [3.8, 4) is 17.2 Å². The lowest BCUT2D eigenvalue weighted by atomic mass is 10.1. The third-order valence-electron chi connectivity index (χ3n) is 5.28. The van der Waals surface area contributed by atoms with Crippen molar-refractivity contribution in [1.29, 1.82) is 0 Å². The van der Waals surface area contributed by atoms with Gasteiger partial charge in [0.05, 0.1) is 29.9 Å². The quantitative estimate of drug-likeness (QED) is 0.234. The van der Waals surface area contributed by atoms with Gasteiger partial charge in [-0.1, -0.05) is 0 Å². The van der Waals surface area contributed by atoms with E-state index >= 15 is 0 Å². The van der Waals surface area contributed by atoms with Gasteiger partial charge in [-0.2, -0.15) is 5.10 Å². The van der Waals surface area contributed by atoms with Gasteiger partial charge in [-0.25, -0.2) is 8.42 Å². The summed E-state index contributed by atoms with van der Waals surface area (Å²) in [4.78, 5) is 13.4. The van der Waals surface area contributed by atoms with E-state index in [0.717, 1.165) is 11.9 Å². The van der Waals surface area contributed by atoms with Crippen LogP contribution in [-0.2, 0) is 31.8 Å². The largest absolute Gasteiger partial charge is 0.488 e. The highest BCUT2D eigenvalue weighted by atomic mass is 32.2. The number of carbonyl (C=O) groups is 1. The lowest BCUT2D eigenvalue weighted by Gasteiger charge is -2.16. The number of carbonyl (C=O) groups excluding carboxylic acids is 1. The number of aryl methyl sites for hydroxylation is 1. The van der Waals surface area contributed by atoms with Gasteiger partial charge in [0, 0.05) is 30.7 Å². The van der Waals surface area contributed by atoms with Crippen molar-refractivity contribution < 1.29 is 32.0 Å². The maximum atomic E-state index is 13.2. The van der Waals surface area contributed by atoms with Gasteiger partial charge in [-0.3, -0.25) is 9.48 Å². The first-order valence-corrected chi connectivity index (χ1v) is 16.3. The second kappa shape index (κ2) is 11.6. The predicted molar refractivity (Wildman–Crippen MR) is 142 cm³/mol. The number of aromatic nitrogens is 2. The van der Waals surface area contributed by atoms with Crippen molar-refractivity contribution in [1.82, 2.24) is 9.78 Å². The average Bonchev–Trinajstić information content (AvgIpc) is 3.10. The van der Waals surface area contributed by atoms with Crippen molar-refractivity contribution in [2.45, 2.75) is 37.6 Å². The van der Waals surface area contributed by atoms with E-state index in [2.05, 4.69) is 5.10 Å². The highest BCUT2D eigenvalue weighted by molar-refractivity contribution is 7.90. The normalized spacial score (nSPS) is 12.8. The number of nitrogens with zero attached hydrogens (tertiary/aromatic N) is 2. The van der Waals surface area contributed by atoms with Crippen LogP contribution >= 0.6 is 7.14 Å². The van der Waals surface area contributed by atoms with Gasteiger partial charge in [0.15, 0.2) is 15.6 Å². The molecule has 11 heteroatoms. The third-order valence-corrected chi connectivity index (χ3v) is 7.35. The van der Waals surface area contributed by atoms with Gasteiger partial charge in [-0.15, -0.1) is 0 Å². The van der Waals surface area contributed by atoms with E-state index in [4.69, 9.17) is 14.2 Å². The number of hydrogen-bond donors (Lipinski definition) is 0. The summed E-state index contributed by atoms with van der Waals surface area (Å²) in [7, 11) is -4.09. The Hall–Kier alpha value is -2.94. The lowest BCUT2D eigenvalue weighted by molar-refractivity contribution is 0.0914. The first-order chi connectivity index (χ1) is 17.2. The molecule has 2 aromatic carbocycles. The molecule has 0 fully saturated rings. The van der Waals surface area contributed by atoms with E-state index < -0.39 is 17.0 Å². The minimum Gasteiger partial charge on any atom is -0.488 e. The van der Waals surface area contributed by atoms with Gasteiger partial charge in [0.1, 0.15) is 30.5 Å². The molecule has 0 bridgehead atoms. The fourth-order valence-electron chi connectivity index (χ4n) is 3.65. The molecule has 3 rings (SSSR count). The number of ether oxygens (including phenoxy) is 3. The lowest BCUT2D eigenvalue weighted by Crippen LogP contribution is -2.18. The molecule has 0 aliphatic heterocycles. The number of ketones is 1. The molecule has 0 aliphatic rings. The molecule has 0 saturated carbocycles. The number of hydrogen-bond acceptors (Lipinski definition) is 8. The molecule has 37 heavy (non-hydrogen) atoms. The average molecular weight is 549 g/mol. The summed E-state index contributed by atoms with van der Waals surface area (Å²) in [5.41, 5.74) is 1.78. The minimum atomic E-state index is -3.33. The second-order valence-electron chi connectivity index (χ2n) is 9.51. The molecule has 1 atom stereocenters. The Kier molecular flexibility index (Phi) is 9.00. The van der Waals surface area contributed by atoms with Crippen LogP contribution in [0.4, 0.5) is 0 Å². The Morgan fingerprint density at radius 1 is 1.05 bits per heavy atom. The zero-order chi connectivity index (χ0) is 27.4. The maximum Gasteiger partial charge on any atom is 0.175 e. The molecule has 1 aromatic heterocycles. The van der Waals surface area contributed by atoms with Gasteiger partial charge in [0.25, 0.3) is 0 Å². The van der Waals surface area contributed by atoms with Crippen molar-refractivity contribution in [2.24, 2.45) is 0 Å². The molecule has 0 saturated heterocycles. The Morgan fingerprint density at radius 2 is 1.70 bits per heavy atom. The van der Waals surface area contributed by atoms with E-state index in [0.29, 0.717) is 41.4 Å². The minimum absolute atomic E-state index is 0.0468. The maximum absolute atomic E-state index is 13.2. The standard InChI is InChI=1S/C26H33N2O7PS/c1-18-11-21(27-28(18)17-36(4,5)30)14-26(29)20-12-23(34-19(2)16-33-3)15-24(13-20)35-22-7-9-25(10-8-22)37(6,31)32/h7-13,15,19H,14,16-17H2,1-6H3/t19-/m0/s1. The second-order valence-corrected chi connectivity index (χ2v) is 15.0. The van der Waals surface area contributed by atoms with Crippen LogP contribution in [0, 0.1) is 6.92 Å². The van der Waals surface area contributed by atoms with E-state index in [1.54, 1.807) is 55.5 Å². The van der Waals surface area contributed by atoms with Crippen LogP contribution in [-0.4, -0.2) is 63.4 Å². The van der Waals surface area contributed by atoms with Gasteiger partial charge in [-0.05, 0) is 69.6 Å². The zero-order valence-corrected chi connectivity index (χ0v) is 23.6. The fraction of sp³-hybridized carbons (Fsp3) is 0.385. The van der Waals surface area contributed by atoms with Crippen LogP contribution in [0.1, 0.15) is 28.7 Å². The highest BCUT2D eigenvalue weighted by Crippen LogP contribution is 2.38. The molecular weight excluding hydrogens is 515 g/mol. The Bertz CT molecular complexity index is 1410. The number of Topliss-reactive ketones (excluding diaryl/α,β-unsaturated/α-hetero) is 1. The van der Waals surface area contributed by atoms with Crippen molar-refractivity contribution >= 4 is 22.8 Å². The summed E-state index contributed by atoms with van der Waals surface area (Å²) in [5.74, 6) is 1.00. The fourth-order valence-corrected chi connectivity index (χ4v) is 5.21. The zero-order valence-electron chi connectivity index (χ0n) is 21.9. The van der Waals surface area contributed by atoms with Crippen molar-refractivity contribution in [3.05, 3.63) is 65.5 Å². The Morgan fingerprint density at radius 3 is 2.30 bits per heavy atom. The molecule has 0 unspecified atom stereocenters. The first kappa shape index (κ1) is 28.6. The van der Waals surface area contributed by atoms with Crippen LogP contribution in [0.25, 0.3) is 0 Å². The van der Waals surface area contributed by atoms with Crippen molar-refractivity contribution in [2.75, 3.05) is 33.3 Å². The number of methoxy groups -OCH3 is 1. The van der Waals surface area contributed by atoms with Crippen LogP contribution in [0.3, 0.4) is 0 Å². The summed E-state index contributed by atoms with van der Waals surface area (Å²) >= 11 is 0. The van der Waals surface area contributed by atoms with E-state index in [1.165, 1.54) is 12.1 Å². The first-order valence-electron chi connectivity index (χ1n) is 11.6. The monoisotopic (exact) mass is 548 g/mol.